The van der Waals surface area contributed by atoms with Crippen LogP contribution in [0.1, 0.15) is 5.56 Å². The van der Waals surface area contributed by atoms with Crippen LogP contribution in [0.5, 0.6) is 0 Å². The summed E-state index contributed by atoms with van der Waals surface area (Å²) in [5.41, 5.74) is 4.35. The van der Waals surface area contributed by atoms with Crippen LogP contribution in [-0.2, 0) is 4.79 Å². The lowest BCUT2D eigenvalue weighted by Crippen LogP contribution is -2.48. The summed E-state index contributed by atoms with van der Waals surface area (Å²) in [6.45, 7) is 6.10. The minimum Gasteiger partial charge on any atom is -0.368 e. The molecule has 0 spiro atoms. The number of carbonyl (C=O) groups is 1. The van der Waals surface area contributed by atoms with Gasteiger partial charge in [-0.3, -0.25) is 14.7 Å². The molecule has 138 valence electrons. The maximum atomic E-state index is 12.3. The first-order chi connectivity index (χ1) is 13.2. The summed E-state index contributed by atoms with van der Waals surface area (Å²) in [5, 5.41) is 4.16. The van der Waals surface area contributed by atoms with Gasteiger partial charge in [-0.25, -0.2) is 0 Å². The van der Waals surface area contributed by atoms with Crippen molar-refractivity contribution in [3.05, 3.63) is 66.4 Å². The first kappa shape index (κ1) is 17.5. The number of anilines is 2. The highest BCUT2D eigenvalue weighted by Crippen LogP contribution is 2.27. The van der Waals surface area contributed by atoms with Gasteiger partial charge in [0.2, 0.25) is 5.91 Å². The summed E-state index contributed by atoms with van der Waals surface area (Å²) >= 11 is 0. The first-order valence-corrected chi connectivity index (χ1v) is 9.36. The monoisotopic (exact) mass is 360 g/mol. The number of pyridine rings is 1. The molecule has 2 heterocycles. The summed E-state index contributed by atoms with van der Waals surface area (Å²) in [7, 11) is 0. The summed E-state index contributed by atoms with van der Waals surface area (Å²) < 4.78 is 0. The third-order valence-electron chi connectivity index (χ3n) is 5.01. The molecule has 0 unspecified atom stereocenters. The van der Waals surface area contributed by atoms with Crippen molar-refractivity contribution in [2.24, 2.45) is 0 Å². The van der Waals surface area contributed by atoms with E-state index in [2.05, 4.69) is 51.3 Å². The number of hydrogen-bond donors (Lipinski definition) is 1. The number of fused-ring (bicyclic) bond motifs is 1. The van der Waals surface area contributed by atoms with Crippen LogP contribution in [0.3, 0.4) is 0 Å². The van der Waals surface area contributed by atoms with Gasteiger partial charge in [-0.05, 0) is 37.3 Å². The van der Waals surface area contributed by atoms with Crippen molar-refractivity contribution in [2.75, 3.05) is 42.9 Å². The Labute approximate surface area is 159 Å². The second-order valence-electron chi connectivity index (χ2n) is 7.03. The predicted molar refractivity (Wildman–Crippen MR) is 110 cm³/mol. The van der Waals surface area contributed by atoms with Crippen molar-refractivity contribution in [3.63, 3.8) is 0 Å². The van der Waals surface area contributed by atoms with Crippen molar-refractivity contribution in [1.82, 2.24) is 9.88 Å². The molecule has 0 bridgehead atoms. The standard InChI is InChI=1S/C22H24N4O/c1-17-7-8-20-19(15-17)21(9-10-23-20)26-13-11-25(12-14-26)16-22(27)24-18-5-3-2-4-6-18/h2-10,15H,11-14,16H2,1H3,(H,24,27). The number of aryl methyl sites for hydroxylation is 1. The molecule has 27 heavy (non-hydrogen) atoms. The van der Waals surface area contributed by atoms with Crippen LogP contribution in [0.15, 0.2) is 60.8 Å². The van der Waals surface area contributed by atoms with Gasteiger partial charge in [0.15, 0.2) is 0 Å². The van der Waals surface area contributed by atoms with Crippen LogP contribution in [0, 0.1) is 6.92 Å². The maximum Gasteiger partial charge on any atom is 0.238 e. The molecule has 0 saturated carbocycles. The van der Waals surface area contributed by atoms with E-state index in [1.807, 2.05) is 36.5 Å². The molecule has 4 rings (SSSR count). The number of nitrogens with one attached hydrogen (secondary N) is 1. The normalized spacial score (nSPS) is 15.1. The molecular formula is C22H24N4O. The van der Waals surface area contributed by atoms with E-state index in [1.165, 1.54) is 16.6 Å². The number of para-hydroxylation sites is 1. The van der Waals surface area contributed by atoms with Gasteiger partial charge in [-0.1, -0.05) is 29.8 Å². The summed E-state index contributed by atoms with van der Waals surface area (Å²) in [6, 6.07) is 18.1. The predicted octanol–water partition coefficient (Wildman–Crippen LogP) is 3.30. The van der Waals surface area contributed by atoms with Gasteiger partial charge in [-0.15, -0.1) is 0 Å². The minimum absolute atomic E-state index is 0.0413. The quantitative estimate of drug-likeness (QED) is 0.776. The highest BCUT2D eigenvalue weighted by molar-refractivity contribution is 5.93. The molecular weight excluding hydrogens is 336 g/mol. The van der Waals surface area contributed by atoms with Gasteiger partial charge in [-0.2, -0.15) is 0 Å². The van der Waals surface area contributed by atoms with Crippen molar-refractivity contribution in [3.8, 4) is 0 Å². The van der Waals surface area contributed by atoms with E-state index in [0.29, 0.717) is 6.54 Å². The Hall–Kier alpha value is -2.92. The molecule has 2 aromatic carbocycles. The number of benzene rings is 2. The number of piperazine rings is 1. The van der Waals surface area contributed by atoms with E-state index in [-0.39, 0.29) is 5.91 Å². The second-order valence-corrected chi connectivity index (χ2v) is 7.03. The van der Waals surface area contributed by atoms with Gasteiger partial charge < -0.3 is 10.2 Å². The molecule has 1 aliphatic heterocycles. The number of nitrogens with zero attached hydrogens (tertiary/aromatic N) is 3. The topological polar surface area (TPSA) is 48.5 Å². The molecule has 1 amide bonds. The average Bonchev–Trinajstić information content (AvgIpc) is 2.69. The summed E-state index contributed by atoms with van der Waals surface area (Å²) in [5.74, 6) is 0.0413. The van der Waals surface area contributed by atoms with Crippen molar-refractivity contribution in [2.45, 2.75) is 6.92 Å². The average molecular weight is 360 g/mol. The van der Waals surface area contributed by atoms with E-state index in [4.69, 9.17) is 0 Å². The smallest absolute Gasteiger partial charge is 0.238 e. The Kier molecular flexibility index (Phi) is 5.03. The van der Waals surface area contributed by atoms with E-state index in [9.17, 15) is 4.79 Å². The van der Waals surface area contributed by atoms with E-state index in [0.717, 1.165) is 37.4 Å². The van der Waals surface area contributed by atoms with Crippen LogP contribution in [0.2, 0.25) is 0 Å². The maximum absolute atomic E-state index is 12.3. The van der Waals surface area contributed by atoms with Gasteiger partial charge in [0, 0.05) is 49.1 Å². The molecule has 0 aliphatic carbocycles. The zero-order valence-electron chi connectivity index (χ0n) is 15.6. The number of rotatable bonds is 4. The molecule has 1 aromatic heterocycles. The number of carbonyl (C=O) groups excluding carboxylic acids is 1. The number of amides is 1. The fourth-order valence-electron chi connectivity index (χ4n) is 3.59. The first-order valence-electron chi connectivity index (χ1n) is 9.36. The Morgan fingerprint density at radius 2 is 1.81 bits per heavy atom. The molecule has 1 N–H and O–H groups in total. The van der Waals surface area contributed by atoms with Crippen LogP contribution >= 0.6 is 0 Å². The zero-order valence-corrected chi connectivity index (χ0v) is 15.6. The lowest BCUT2D eigenvalue weighted by molar-refractivity contribution is -0.117. The SMILES string of the molecule is Cc1ccc2nccc(N3CCN(CC(=O)Nc4ccccc4)CC3)c2c1. The van der Waals surface area contributed by atoms with E-state index < -0.39 is 0 Å². The molecule has 1 aliphatic rings. The summed E-state index contributed by atoms with van der Waals surface area (Å²) in [4.78, 5) is 21.4. The Bertz CT molecular complexity index is 933. The third-order valence-corrected chi connectivity index (χ3v) is 5.01. The molecule has 0 atom stereocenters. The second kappa shape index (κ2) is 7.76. The Morgan fingerprint density at radius 1 is 1.04 bits per heavy atom. The van der Waals surface area contributed by atoms with E-state index in [1.54, 1.807) is 0 Å². The van der Waals surface area contributed by atoms with E-state index >= 15 is 0 Å². The highest BCUT2D eigenvalue weighted by Gasteiger charge is 2.20. The number of hydrogen-bond acceptors (Lipinski definition) is 4. The third kappa shape index (κ3) is 4.09. The molecule has 5 heteroatoms. The zero-order chi connectivity index (χ0) is 18.6. The number of aromatic nitrogens is 1. The fraction of sp³-hybridized carbons (Fsp3) is 0.273. The van der Waals surface area contributed by atoms with Crippen molar-refractivity contribution < 1.29 is 4.79 Å². The molecule has 3 aromatic rings. The molecule has 1 fully saturated rings. The lowest BCUT2D eigenvalue weighted by Gasteiger charge is -2.36. The van der Waals surface area contributed by atoms with Crippen molar-refractivity contribution >= 4 is 28.2 Å². The van der Waals surface area contributed by atoms with Crippen LogP contribution < -0.4 is 10.2 Å². The lowest BCUT2D eigenvalue weighted by atomic mass is 10.1. The Balaban J connectivity index is 1.38. The van der Waals surface area contributed by atoms with Gasteiger partial charge in [0.05, 0.1) is 12.1 Å². The molecule has 5 nitrogen and oxygen atoms in total. The largest absolute Gasteiger partial charge is 0.368 e. The van der Waals surface area contributed by atoms with Crippen molar-refractivity contribution in [1.29, 1.82) is 0 Å². The minimum atomic E-state index is 0.0413. The summed E-state index contributed by atoms with van der Waals surface area (Å²) in [6.07, 6.45) is 1.88. The van der Waals surface area contributed by atoms with Crippen LogP contribution in [0.4, 0.5) is 11.4 Å². The van der Waals surface area contributed by atoms with Gasteiger partial charge in [0.1, 0.15) is 0 Å². The molecule has 0 radical (unpaired) electrons. The van der Waals surface area contributed by atoms with Crippen LogP contribution in [0.25, 0.3) is 10.9 Å². The fourth-order valence-corrected chi connectivity index (χ4v) is 3.59. The van der Waals surface area contributed by atoms with Gasteiger partial charge >= 0.3 is 0 Å². The van der Waals surface area contributed by atoms with Gasteiger partial charge in [0.25, 0.3) is 0 Å². The molecule has 1 saturated heterocycles. The van der Waals surface area contributed by atoms with Crippen LogP contribution in [-0.4, -0.2) is 48.5 Å². The highest BCUT2D eigenvalue weighted by atomic mass is 16.2. The Morgan fingerprint density at radius 3 is 2.59 bits per heavy atom.